The van der Waals surface area contributed by atoms with Crippen LogP contribution in [-0.4, -0.2) is 19.2 Å². The molecule has 0 saturated heterocycles. The lowest BCUT2D eigenvalue weighted by molar-refractivity contribution is -0.384. The fourth-order valence-corrected chi connectivity index (χ4v) is 6.43. The molecule has 3 aromatic carbocycles. The van der Waals surface area contributed by atoms with Gasteiger partial charge >= 0.3 is 0 Å². The number of nitrogens with zero attached hydrogens (tertiary/aromatic N) is 1. The molecule has 1 heterocycles. The van der Waals surface area contributed by atoms with Gasteiger partial charge in [-0.25, -0.2) is 8.42 Å². The van der Waals surface area contributed by atoms with E-state index in [0.717, 1.165) is 11.8 Å². The van der Waals surface area contributed by atoms with Gasteiger partial charge in [0.25, 0.3) is 11.6 Å². The van der Waals surface area contributed by atoms with E-state index in [1.54, 1.807) is 30.3 Å². The summed E-state index contributed by atoms with van der Waals surface area (Å²) in [4.78, 5) is 24.0. The molecule has 0 fully saturated rings. The zero-order valence-electron chi connectivity index (χ0n) is 16.9. The van der Waals surface area contributed by atoms with Crippen molar-refractivity contribution in [2.45, 2.75) is 15.5 Å². The van der Waals surface area contributed by atoms with Crippen LogP contribution in [0.2, 0.25) is 15.1 Å². The van der Waals surface area contributed by atoms with Gasteiger partial charge in [-0.15, -0.1) is 0 Å². The van der Waals surface area contributed by atoms with Gasteiger partial charge in [0, 0.05) is 26.6 Å². The van der Waals surface area contributed by atoms with Gasteiger partial charge in [0.15, 0.2) is 9.84 Å². The predicted molar refractivity (Wildman–Crippen MR) is 134 cm³/mol. The van der Waals surface area contributed by atoms with E-state index in [0.29, 0.717) is 21.7 Å². The summed E-state index contributed by atoms with van der Waals surface area (Å²) in [7, 11) is -3.81. The number of benzene rings is 3. The molecule has 3 aromatic rings. The number of nitrogens with one attached hydrogen (secondary N) is 1. The standard InChI is InChI=1S/C22H13Cl3N2O5S2/c23-15-2-1-3-16(24)14(15)11-34(31,32)13-5-7-20-18(10-13)26-22(28)21(33-20)9-12-4-6-17(25)19(8-12)27(29)30/h1-10H,11H2,(H,26,28)/b21-9+. The Morgan fingerprint density at radius 3 is 2.38 bits per heavy atom. The zero-order valence-corrected chi connectivity index (χ0v) is 20.8. The Hall–Kier alpha value is -2.56. The van der Waals surface area contributed by atoms with Crippen molar-refractivity contribution in [3.05, 3.63) is 95.8 Å². The van der Waals surface area contributed by atoms with E-state index >= 15 is 0 Å². The Bertz CT molecular complexity index is 1470. The molecule has 0 aromatic heterocycles. The van der Waals surface area contributed by atoms with Crippen LogP contribution in [0.25, 0.3) is 6.08 Å². The molecule has 1 aliphatic rings. The van der Waals surface area contributed by atoms with Gasteiger partial charge in [0.05, 0.1) is 26.2 Å². The molecule has 0 saturated carbocycles. The van der Waals surface area contributed by atoms with E-state index in [9.17, 15) is 23.3 Å². The summed E-state index contributed by atoms with van der Waals surface area (Å²) in [6.07, 6.45) is 1.50. The minimum Gasteiger partial charge on any atom is -0.320 e. The third kappa shape index (κ3) is 5.08. The Balaban J connectivity index is 1.62. The lowest BCUT2D eigenvalue weighted by Gasteiger charge is -2.19. The van der Waals surface area contributed by atoms with Gasteiger partial charge in [0.1, 0.15) is 5.02 Å². The first kappa shape index (κ1) is 24.6. The number of carbonyl (C=O) groups excluding carboxylic acids is 1. The maximum atomic E-state index is 13.0. The van der Waals surface area contributed by atoms with Crippen LogP contribution in [-0.2, 0) is 20.4 Å². The lowest BCUT2D eigenvalue weighted by atomic mass is 10.2. The van der Waals surface area contributed by atoms with E-state index in [4.69, 9.17) is 34.8 Å². The van der Waals surface area contributed by atoms with Crippen molar-refractivity contribution in [2.24, 2.45) is 0 Å². The van der Waals surface area contributed by atoms with Crippen molar-refractivity contribution < 1.29 is 18.1 Å². The Morgan fingerprint density at radius 2 is 1.71 bits per heavy atom. The first-order chi connectivity index (χ1) is 16.0. The lowest BCUT2D eigenvalue weighted by Crippen LogP contribution is -2.18. The predicted octanol–water partition coefficient (Wildman–Crippen LogP) is 6.61. The summed E-state index contributed by atoms with van der Waals surface area (Å²) in [6.45, 7) is 0. The highest BCUT2D eigenvalue weighted by Crippen LogP contribution is 2.41. The summed E-state index contributed by atoms with van der Waals surface area (Å²) in [6, 6.07) is 13.4. The molecule has 1 N–H and O–H groups in total. The number of thioether (sulfide) groups is 1. The van der Waals surface area contributed by atoms with Gasteiger partial charge in [-0.05, 0) is 48.0 Å². The third-order valence-corrected chi connectivity index (χ3v) is 8.63. The van der Waals surface area contributed by atoms with Crippen LogP contribution >= 0.6 is 46.6 Å². The molecule has 7 nitrogen and oxygen atoms in total. The second-order valence-electron chi connectivity index (χ2n) is 7.15. The molecule has 34 heavy (non-hydrogen) atoms. The molecule has 0 radical (unpaired) electrons. The second kappa shape index (κ2) is 9.59. The normalized spacial score (nSPS) is 14.6. The Morgan fingerprint density at radius 1 is 1.00 bits per heavy atom. The molecular formula is C22H13Cl3N2O5S2. The molecule has 0 spiro atoms. The molecule has 1 amide bonds. The fraction of sp³-hybridized carbons (Fsp3) is 0.0455. The fourth-order valence-electron chi connectivity index (χ4n) is 3.19. The van der Waals surface area contributed by atoms with Crippen molar-refractivity contribution in [1.82, 2.24) is 0 Å². The van der Waals surface area contributed by atoms with Crippen molar-refractivity contribution in [3.8, 4) is 0 Å². The van der Waals surface area contributed by atoms with E-state index < -0.39 is 26.4 Å². The Kier molecular flexibility index (Phi) is 6.93. The number of carbonyl (C=O) groups is 1. The van der Waals surface area contributed by atoms with Crippen LogP contribution in [0.5, 0.6) is 0 Å². The van der Waals surface area contributed by atoms with Gasteiger partial charge < -0.3 is 5.32 Å². The maximum absolute atomic E-state index is 13.0. The number of nitro groups is 1. The SMILES string of the molecule is O=C1Nc2cc(S(=O)(=O)Cc3c(Cl)cccc3Cl)ccc2S/C1=C/c1ccc(Cl)c([N+](=O)[O-])c1. The number of anilines is 1. The van der Waals surface area contributed by atoms with E-state index in [1.165, 1.54) is 30.3 Å². The molecule has 0 aliphatic carbocycles. The average Bonchev–Trinajstić information content (AvgIpc) is 2.77. The van der Waals surface area contributed by atoms with E-state index in [-0.39, 0.29) is 30.6 Å². The minimum atomic E-state index is -3.81. The highest BCUT2D eigenvalue weighted by atomic mass is 35.5. The first-order valence-corrected chi connectivity index (χ1v) is 13.1. The maximum Gasteiger partial charge on any atom is 0.288 e. The number of rotatable bonds is 5. The number of hydrogen-bond donors (Lipinski definition) is 1. The largest absolute Gasteiger partial charge is 0.320 e. The number of nitro benzene ring substituents is 1. The van der Waals surface area contributed by atoms with Crippen LogP contribution in [0.4, 0.5) is 11.4 Å². The average molecular weight is 556 g/mol. The summed E-state index contributed by atoms with van der Waals surface area (Å²) in [5.74, 6) is -0.870. The molecule has 1 aliphatic heterocycles. The minimum absolute atomic E-state index is 0.00360. The van der Waals surface area contributed by atoms with Crippen LogP contribution in [0.1, 0.15) is 11.1 Å². The van der Waals surface area contributed by atoms with E-state index in [1.807, 2.05) is 0 Å². The van der Waals surface area contributed by atoms with Gasteiger partial charge in [-0.3, -0.25) is 14.9 Å². The molecule has 12 heteroatoms. The van der Waals surface area contributed by atoms with E-state index in [2.05, 4.69) is 5.32 Å². The summed E-state index contributed by atoms with van der Waals surface area (Å²) in [5.41, 5.74) is 0.781. The number of hydrogen-bond acceptors (Lipinski definition) is 6. The number of halogens is 3. The summed E-state index contributed by atoms with van der Waals surface area (Å²) >= 11 is 19.2. The van der Waals surface area contributed by atoms with Crippen molar-refractivity contribution in [2.75, 3.05) is 5.32 Å². The van der Waals surface area contributed by atoms with Crippen molar-refractivity contribution >= 4 is 79.8 Å². The molecule has 174 valence electrons. The highest BCUT2D eigenvalue weighted by Gasteiger charge is 2.25. The number of fused-ring (bicyclic) bond motifs is 1. The smallest absolute Gasteiger partial charge is 0.288 e. The monoisotopic (exact) mass is 554 g/mol. The van der Waals surface area contributed by atoms with Gasteiger partial charge in [0.2, 0.25) is 0 Å². The first-order valence-electron chi connectivity index (χ1n) is 9.50. The zero-order chi connectivity index (χ0) is 24.6. The second-order valence-corrected chi connectivity index (χ2v) is 11.4. The van der Waals surface area contributed by atoms with Crippen LogP contribution in [0, 0.1) is 10.1 Å². The van der Waals surface area contributed by atoms with Gasteiger partial charge in [-0.2, -0.15) is 0 Å². The van der Waals surface area contributed by atoms with Crippen LogP contribution in [0.3, 0.4) is 0 Å². The molecular weight excluding hydrogens is 543 g/mol. The quantitative estimate of drug-likeness (QED) is 0.216. The number of amides is 1. The molecule has 4 rings (SSSR count). The van der Waals surface area contributed by atoms with Gasteiger partial charge in [-0.1, -0.05) is 58.7 Å². The van der Waals surface area contributed by atoms with Crippen molar-refractivity contribution in [3.63, 3.8) is 0 Å². The molecule has 0 atom stereocenters. The summed E-state index contributed by atoms with van der Waals surface area (Å²) < 4.78 is 26.0. The number of sulfone groups is 1. The highest BCUT2D eigenvalue weighted by molar-refractivity contribution is 8.04. The Labute approximate surface area is 213 Å². The summed E-state index contributed by atoms with van der Waals surface area (Å²) in [5, 5.41) is 14.3. The van der Waals surface area contributed by atoms with Crippen molar-refractivity contribution in [1.29, 1.82) is 0 Å². The van der Waals surface area contributed by atoms with Crippen LogP contribution in [0.15, 0.2) is 69.3 Å². The third-order valence-electron chi connectivity index (χ3n) is 4.86. The topological polar surface area (TPSA) is 106 Å². The molecule has 0 bridgehead atoms. The molecule has 0 unspecified atom stereocenters. The van der Waals surface area contributed by atoms with Crippen LogP contribution < -0.4 is 5.32 Å².